The molecule has 2 rings (SSSR count). The van der Waals surface area contributed by atoms with Crippen LogP contribution in [0.2, 0.25) is 0 Å². The highest BCUT2D eigenvalue weighted by molar-refractivity contribution is 7.99. The smallest absolute Gasteiger partial charge is 0.0221 e. The van der Waals surface area contributed by atoms with Gasteiger partial charge < -0.3 is 5.32 Å². The van der Waals surface area contributed by atoms with E-state index in [1.165, 1.54) is 57.5 Å². The van der Waals surface area contributed by atoms with E-state index in [-0.39, 0.29) is 0 Å². The van der Waals surface area contributed by atoms with Gasteiger partial charge in [-0.05, 0) is 30.9 Å². The van der Waals surface area contributed by atoms with Gasteiger partial charge in [0.05, 0.1) is 0 Å². The molecule has 0 radical (unpaired) electrons. The summed E-state index contributed by atoms with van der Waals surface area (Å²) in [6.07, 6.45) is 6.92. The van der Waals surface area contributed by atoms with Crippen LogP contribution in [0.25, 0.3) is 0 Å². The van der Waals surface area contributed by atoms with Crippen LogP contribution in [0.4, 0.5) is 0 Å². The maximum atomic E-state index is 3.79. The lowest BCUT2D eigenvalue weighted by atomic mass is 9.94. The number of nitrogens with zero attached hydrogens (tertiary/aromatic N) is 1. The fourth-order valence-corrected chi connectivity index (χ4v) is 4.72. The van der Waals surface area contributed by atoms with Crippen LogP contribution in [0.15, 0.2) is 0 Å². The molecule has 4 unspecified atom stereocenters. The molecular weight excluding hydrogens is 252 g/mol. The predicted octanol–water partition coefficient (Wildman–Crippen LogP) is 3.37. The Morgan fingerprint density at radius 2 is 2.16 bits per heavy atom. The largest absolute Gasteiger partial charge is 0.311 e. The zero-order chi connectivity index (χ0) is 13.7. The minimum atomic E-state index is 0.710. The van der Waals surface area contributed by atoms with Crippen molar-refractivity contribution in [1.29, 1.82) is 0 Å². The van der Waals surface area contributed by atoms with Gasteiger partial charge in [0.25, 0.3) is 0 Å². The van der Waals surface area contributed by atoms with Gasteiger partial charge in [0.1, 0.15) is 0 Å². The highest BCUT2D eigenvalue weighted by atomic mass is 32.2. The molecule has 2 aliphatic heterocycles. The Morgan fingerprint density at radius 1 is 1.32 bits per heavy atom. The third kappa shape index (κ3) is 4.37. The van der Waals surface area contributed by atoms with E-state index in [0.717, 1.165) is 17.2 Å². The lowest BCUT2D eigenvalue weighted by Gasteiger charge is -2.43. The van der Waals surface area contributed by atoms with E-state index in [9.17, 15) is 0 Å². The molecule has 0 aromatic carbocycles. The van der Waals surface area contributed by atoms with E-state index in [1.807, 2.05) is 0 Å². The molecule has 4 atom stereocenters. The Labute approximate surface area is 124 Å². The van der Waals surface area contributed by atoms with Gasteiger partial charge in [-0.3, -0.25) is 4.90 Å². The zero-order valence-corrected chi connectivity index (χ0v) is 13.8. The first kappa shape index (κ1) is 15.7. The van der Waals surface area contributed by atoms with E-state index in [2.05, 4.69) is 42.7 Å². The quantitative estimate of drug-likeness (QED) is 0.833. The first-order chi connectivity index (χ1) is 9.24. The van der Waals surface area contributed by atoms with Gasteiger partial charge in [-0.1, -0.05) is 33.6 Å². The monoisotopic (exact) mass is 284 g/mol. The highest BCUT2D eigenvalue weighted by Crippen LogP contribution is 2.27. The van der Waals surface area contributed by atoms with Gasteiger partial charge in [0.2, 0.25) is 0 Å². The summed E-state index contributed by atoms with van der Waals surface area (Å²) in [5.41, 5.74) is 0. The molecule has 2 nitrogen and oxygen atoms in total. The van der Waals surface area contributed by atoms with Crippen molar-refractivity contribution < 1.29 is 0 Å². The van der Waals surface area contributed by atoms with Crippen LogP contribution in [-0.4, -0.2) is 47.6 Å². The molecule has 0 bridgehead atoms. The first-order valence-corrected chi connectivity index (χ1v) is 9.38. The van der Waals surface area contributed by atoms with Gasteiger partial charge in [0.15, 0.2) is 0 Å². The third-order valence-corrected chi connectivity index (χ3v) is 6.46. The number of rotatable bonds is 5. The second-order valence-electron chi connectivity index (χ2n) is 6.40. The lowest BCUT2D eigenvalue weighted by Crippen LogP contribution is -2.59. The molecule has 0 amide bonds. The summed E-state index contributed by atoms with van der Waals surface area (Å²) >= 11 is 2.22. The summed E-state index contributed by atoms with van der Waals surface area (Å²) in [7, 11) is 0. The summed E-state index contributed by atoms with van der Waals surface area (Å²) in [4.78, 5) is 2.80. The van der Waals surface area contributed by atoms with Crippen LogP contribution >= 0.6 is 11.8 Å². The van der Waals surface area contributed by atoms with Crippen molar-refractivity contribution in [3.63, 3.8) is 0 Å². The Hall–Kier alpha value is 0.270. The molecule has 0 spiro atoms. The normalized spacial score (nSPS) is 35.2. The molecule has 112 valence electrons. The van der Waals surface area contributed by atoms with Crippen molar-refractivity contribution in [2.75, 3.05) is 25.4 Å². The van der Waals surface area contributed by atoms with Crippen LogP contribution < -0.4 is 5.32 Å². The van der Waals surface area contributed by atoms with Crippen molar-refractivity contribution in [3.05, 3.63) is 0 Å². The van der Waals surface area contributed by atoms with Gasteiger partial charge in [-0.2, -0.15) is 11.8 Å². The fourth-order valence-electron chi connectivity index (χ4n) is 3.39. The summed E-state index contributed by atoms with van der Waals surface area (Å²) in [5, 5.41) is 4.69. The summed E-state index contributed by atoms with van der Waals surface area (Å²) < 4.78 is 0. The Balaban J connectivity index is 1.89. The van der Waals surface area contributed by atoms with Crippen molar-refractivity contribution in [1.82, 2.24) is 10.2 Å². The van der Waals surface area contributed by atoms with Gasteiger partial charge in [0, 0.05) is 37.0 Å². The van der Waals surface area contributed by atoms with Crippen molar-refractivity contribution in [2.45, 2.75) is 70.2 Å². The minimum Gasteiger partial charge on any atom is -0.311 e. The molecular formula is C16H32N2S. The maximum absolute atomic E-state index is 3.79. The van der Waals surface area contributed by atoms with Crippen LogP contribution in [0, 0.1) is 5.92 Å². The van der Waals surface area contributed by atoms with Gasteiger partial charge >= 0.3 is 0 Å². The molecule has 19 heavy (non-hydrogen) atoms. The van der Waals surface area contributed by atoms with Crippen LogP contribution in [-0.2, 0) is 0 Å². The second kappa shape index (κ2) is 7.90. The molecule has 2 saturated heterocycles. The van der Waals surface area contributed by atoms with E-state index in [0.29, 0.717) is 6.04 Å². The molecule has 2 aliphatic rings. The Kier molecular flexibility index (Phi) is 6.51. The molecule has 0 aliphatic carbocycles. The number of nitrogens with one attached hydrogen (secondary N) is 1. The summed E-state index contributed by atoms with van der Waals surface area (Å²) in [6.45, 7) is 10.9. The van der Waals surface area contributed by atoms with Gasteiger partial charge in [-0.25, -0.2) is 0 Å². The number of thioether (sulfide) groups is 1. The predicted molar refractivity (Wildman–Crippen MR) is 87.0 cm³/mol. The molecule has 0 saturated carbocycles. The molecule has 3 heteroatoms. The van der Waals surface area contributed by atoms with Crippen molar-refractivity contribution in [3.8, 4) is 0 Å². The summed E-state index contributed by atoms with van der Waals surface area (Å²) in [6, 6.07) is 1.48. The SMILES string of the molecule is CCC(C)C1CN(CC2CCCCS2)C(CC)CN1. The van der Waals surface area contributed by atoms with Gasteiger partial charge in [-0.15, -0.1) is 0 Å². The van der Waals surface area contributed by atoms with Crippen LogP contribution in [0.3, 0.4) is 0 Å². The molecule has 2 fully saturated rings. The average Bonchev–Trinajstić information content (AvgIpc) is 2.47. The maximum Gasteiger partial charge on any atom is 0.0221 e. The average molecular weight is 285 g/mol. The Morgan fingerprint density at radius 3 is 2.79 bits per heavy atom. The first-order valence-electron chi connectivity index (χ1n) is 8.33. The molecule has 0 aromatic heterocycles. The van der Waals surface area contributed by atoms with Crippen molar-refractivity contribution in [2.24, 2.45) is 5.92 Å². The fraction of sp³-hybridized carbons (Fsp3) is 1.00. The van der Waals surface area contributed by atoms with E-state index in [4.69, 9.17) is 0 Å². The molecule has 2 heterocycles. The van der Waals surface area contributed by atoms with Crippen molar-refractivity contribution >= 4 is 11.8 Å². The molecule has 1 N–H and O–H groups in total. The van der Waals surface area contributed by atoms with E-state index >= 15 is 0 Å². The number of hydrogen-bond acceptors (Lipinski definition) is 3. The number of piperazine rings is 1. The highest BCUT2D eigenvalue weighted by Gasteiger charge is 2.30. The zero-order valence-electron chi connectivity index (χ0n) is 13.0. The standard InChI is InChI=1S/C16H32N2S/c1-4-13(3)16-12-18(14(5-2)10-17-16)11-15-8-6-7-9-19-15/h13-17H,4-12H2,1-3H3. The van der Waals surface area contributed by atoms with Crippen LogP contribution in [0.1, 0.15) is 52.9 Å². The minimum absolute atomic E-state index is 0.710. The lowest BCUT2D eigenvalue weighted by molar-refractivity contribution is 0.106. The van der Waals surface area contributed by atoms with Crippen LogP contribution in [0.5, 0.6) is 0 Å². The second-order valence-corrected chi connectivity index (χ2v) is 7.81. The van der Waals surface area contributed by atoms with E-state index in [1.54, 1.807) is 0 Å². The van der Waals surface area contributed by atoms with E-state index < -0.39 is 0 Å². The topological polar surface area (TPSA) is 15.3 Å². The number of hydrogen-bond donors (Lipinski definition) is 1. The molecule has 0 aromatic rings. The third-order valence-electron chi connectivity index (χ3n) is 5.08. The Bertz CT molecular complexity index is 251. The summed E-state index contributed by atoms with van der Waals surface area (Å²) in [5.74, 6) is 2.20.